The summed E-state index contributed by atoms with van der Waals surface area (Å²) >= 11 is 6.52. The average molecular weight is 419 g/mol. The third kappa shape index (κ3) is 4.22. The number of halogens is 2. The third-order valence-electron chi connectivity index (χ3n) is 2.39. The van der Waals surface area contributed by atoms with Crippen molar-refractivity contribution in [2.75, 3.05) is 13.2 Å². The summed E-state index contributed by atoms with van der Waals surface area (Å²) < 4.78 is 11.0. The Bertz CT molecular complexity index is 620. The summed E-state index contributed by atoms with van der Waals surface area (Å²) in [6.07, 6.45) is 1.37. The van der Waals surface area contributed by atoms with E-state index in [2.05, 4.69) is 31.9 Å². The normalized spacial score (nSPS) is 10.9. The van der Waals surface area contributed by atoms with Gasteiger partial charge in [-0.25, -0.2) is 4.79 Å². The van der Waals surface area contributed by atoms with Crippen molar-refractivity contribution in [2.45, 2.75) is 13.8 Å². The standard InChI is InChI=1S/C14H13Br2NO4/c1-3-20-10-6-8(11(15)12(16)13(10)18)5-9(7-17)14(19)21-4-2/h5-6,18H,3-4H2,1-2H3/b9-5+. The Balaban J connectivity index is 3.36. The van der Waals surface area contributed by atoms with Gasteiger partial charge in [0.05, 0.1) is 17.7 Å². The Labute approximate surface area is 139 Å². The zero-order valence-electron chi connectivity index (χ0n) is 11.4. The highest BCUT2D eigenvalue weighted by Crippen LogP contribution is 2.42. The molecule has 112 valence electrons. The minimum absolute atomic E-state index is 0.0597. The molecule has 1 N–H and O–H groups in total. The number of rotatable bonds is 5. The first-order valence-electron chi connectivity index (χ1n) is 6.08. The maximum Gasteiger partial charge on any atom is 0.348 e. The van der Waals surface area contributed by atoms with E-state index in [9.17, 15) is 9.90 Å². The van der Waals surface area contributed by atoms with Crippen molar-refractivity contribution in [1.82, 2.24) is 0 Å². The number of carbonyl (C=O) groups excluding carboxylic acids is 1. The zero-order valence-corrected chi connectivity index (χ0v) is 14.6. The highest BCUT2D eigenvalue weighted by Gasteiger charge is 2.17. The van der Waals surface area contributed by atoms with E-state index in [-0.39, 0.29) is 23.7 Å². The van der Waals surface area contributed by atoms with Crippen LogP contribution in [0.5, 0.6) is 11.5 Å². The Morgan fingerprint density at radius 2 is 2.05 bits per heavy atom. The maximum absolute atomic E-state index is 11.6. The number of hydrogen-bond donors (Lipinski definition) is 1. The lowest BCUT2D eigenvalue weighted by atomic mass is 10.1. The number of carbonyl (C=O) groups is 1. The van der Waals surface area contributed by atoms with Crippen LogP contribution in [0.15, 0.2) is 20.6 Å². The molecule has 0 spiro atoms. The van der Waals surface area contributed by atoms with Gasteiger partial charge in [-0.2, -0.15) is 5.26 Å². The maximum atomic E-state index is 11.6. The summed E-state index contributed by atoms with van der Waals surface area (Å²) in [6.45, 7) is 3.99. The minimum atomic E-state index is -0.700. The molecule has 0 atom stereocenters. The Morgan fingerprint density at radius 3 is 2.57 bits per heavy atom. The van der Waals surface area contributed by atoms with E-state index in [1.54, 1.807) is 19.9 Å². The molecule has 0 unspecified atom stereocenters. The van der Waals surface area contributed by atoms with Gasteiger partial charge in [-0.1, -0.05) is 0 Å². The van der Waals surface area contributed by atoms with E-state index >= 15 is 0 Å². The Kier molecular flexibility index (Phi) is 6.72. The first-order chi connectivity index (χ1) is 9.96. The monoisotopic (exact) mass is 417 g/mol. The fraction of sp³-hybridized carbons (Fsp3) is 0.286. The Hall–Kier alpha value is -1.52. The lowest BCUT2D eigenvalue weighted by Crippen LogP contribution is -2.06. The van der Waals surface area contributed by atoms with Crippen LogP contribution in [0.25, 0.3) is 6.08 Å². The first kappa shape index (κ1) is 17.5. The van der Waals surface area contributed by atoms with Gasteiger partial charge in [0.15, 0.2) is 11.5 Å². The highest BCUT2D eigenvalue weighted by atomic mass is 79.9. The van der Waals surface area contributed by atoms with Crippen molar-refractivity contribution in [2.24, 2.45) is 0 Å². The molecule has 0 amide bonds. The quantitative estimate of drug-likeness (QED) is 0.447. The van der Waals surface area contributed by atoms with Crippen LogP contribution in [0.4, 0.5) is 0 Å². The molecule has 21 heavy (non-hydrogen) atoms. The highest BCUT2D eigenvalue weighted by molar-refractivity contribution is 9.13. The summed E-state index contributed by atoms with van der Waals surface area (Å²) in [5.41, 5.74) is 0.366. The van der Waals surface area contributed by atoms with Crippen molar-refractivity contribution in [3.63, 3.8) is 0 Å². The molecule has 0 fully saturated rings. The van der Waals surface area contributed by atoms with Crippen molar-refractivity contribution < 1.29 is 19.4 Å². The van der Waals surface area contributed by atoms with Gasteiger partial charge in [-0.3, -0.25) is 0 Å². The molecule has 0 aliphatic rings. The van der Waals surface area contributed by atoms with Gasteiger partial charge in [0.25, 0.3) is 0 Å². The molecule has 0 aliphatic carbocycles. The lowest BCUT2D eigenvalue weighted by molar-refractivity contribution is -0.137. The van der Waals surface area contributed by atoms with E-state index in [1.165, 1.54) is 12.1 Å². The van der Waals surface area contributed by atoms with Gasteiger partial charge in [-0.15, -0.1) is 0 Å². The summed E-state index contributed by atoms with van der Waals surface area (Å²) in [5, 5.41) is 19.0. The first-order valence-corrected chi connectivity index (χ1v) is 7.67. The molecule has 0 saturated carbocycles. The number of esters is 1. The molecule has 0 saturated heterocycles. The van der Waals surface area contributed by atoms with Gasteiger partial charge in [-0.05, 0) is 63.4 Å². The molecule has 7 heteroatoms. The Morgan fingerprint density at radius 1 is 1.38 bits per heavy atom. The predicted molar refractivity (Wildman–Crippen MR) is 84.9 cm³/mol. The van der Waals surface area contributed by atoms with Crippen LogP contribution >= 0.6 is 31.9 Å². The number of phenolic OH excluding ortho intramolecular Hbond substituents is 1. The SMILES string of the molecule is CCOC(=O)/C(C#N)=C/c1cc(OCC)c(O)c(Br)c1Br. The van der Waals surface area contributed by atoms with E-state index in [0.29, 0.717) is 21.1 Å². The van der Waals surface area contributed by atoms with E-state index in [4.69, 9.17) is 14.7 Å². The molecular formula is C14H13Br2NO4. The molecule has 0 aliphatic heterocycles. The van der Waals surface area contributed by atoms with Crippen LogP contribution in [0.3, 0.4) is 0 Å². The topological polar surface area (TPSA) is 79.6 Å². The fourth-order valence-corrected chi connectivity index (χ4v) is 2.32. The van der Waals surface area contributed by atoms with Gasteiger partial charge >= 0.3 is 5.97 Å². The molecule has 0 radical (unpaired) electrons. The van der Waals surface area contributed by atoms with Crippen LogP contribution in [0.2, 0.25) is 0 Å². The van der Waals surface area contributed by atoms with E-state index in [1.807, 2.05) is 0 Å². The number of phenols is 1. The molecule has 1 rings (SSSR count). The number of benzene rings is 1. The molecule has 0 aromatic heterocycles. The molecule has 0 heterocycles. The molecule has 5 nitrogen and oxygen atoms in total. The number of aromatic hydroxyl groups is 1. The predicted octanol–water partition coefficient (Wildman–Crippen LogP) is 3.79. The lowest BCUT2D eigenvalue weighted by Gasteiger charge is -2.11. The van der Waals surface area contributed by atoms with Gasteiger partial charge < -0.3 is 14.6 Å². The largest absolute Gasteiger partial charge is 0.503 e. The molecule has 0 bridgehead atoms. The van der Waals surface area contributed by atoms with Crippen LogP contribution in [-0.4, -0.2) is 24.3 Å². The molecule has 1 aromatic rings. The van der Waals surface area contributed by atoms with Gasteiger partial charge in [0, 0.05) is 4.47 Å². The second-order valence-corrected chi connectivity index (χ2v) is 5.35. The van der Waals surface area contributed by atoms with Gasteiger partial charge in [0.2, 0.25) is 0 Å². The van der Waals surface area contributed by atoms with E-state index < -0.39 is 5.97 Å². The van der Waals surface area contributed by atoms with Crippen molar-refractivity contribution >= 4 is 43.9 Å². The van der Waals surface area contributed by atoms with Crippen molar-refractivity contribution in [1.29, 1.82) is 5.26 Å². The van der Waals surface area contributed by atoms with Crippen LogP contribution < -0.4 is 4.74 Å². The fourth-order valence-electron chi connectivity index (χ4n) is 1.48. The average Bonchev–Trinajstić information content (AvgIpc) is 2.47. The summed E-state index contributed by atoms with van der Waals surface area (Å²) in [7, 11) is 0. The summed E-state index contributed by atoms with van der Waals surface area (Å²) in [4.78, 5) is 11.6. The van der Waals surface area contributed by atoms with Crippen LogP contribution in [0.1, 0.15) is 19.4 Å². The minimum Gasteiger partial charge on any atom is -0.503 e. The summed E-state index contributed by atoms with van der Waals surface area (Å²) in [5.74, 6) is -0.510. The third-order valence-corrected chi connectivity index (χ3v) is 4.55. The number of nitrogens with zero attached hydrogens (tertiary/aromatic N) is 1. The second kappa shape index (κ2) is 8.05. The van der Waals surface area contributed by atoms with E-state index in [0.717, 1.165) is 0 Å². The smallest absolute Gasteiger partial charge is 0.348 e. The molecular weight excluding hydrogens is 406 g/mol. The number of hydrogen-bond acceptors (Lipinski definition) is 5. The summed E-state index contributed by atoms with van der Waals surface area (Å²) in [6, 6.07) is 3.33. The van der Waals surface area contributed by atoms with Crippen LogP contribution in [-0.2, 0) is 9.53 Å². The number of ether oxygens (including phenoxy) is 2. The second-order valence-electron chi connectivity index (χ2n) is 3.76. The van der Waals surface area contributed by atoms with Crippen molar-refractivity contribution in [3.05, 3.63) is 26.1 Å². The molecule has 1 aromatic carbocycles. The number of nitriles is 1. The zero-order chi connectivity index (χ0) is 16.0. The van der Waals surface area contributed by atoms with Gasteiger partial charge in [0.1, 0.15) is 11.6 Å². The van der Waals surface area contributed by atoms with Crippen molar-refractivity contribution in [3.8, 4) is 17.6 Å². The van der Waals surface area contributed by atoms with Crippen LogP contribution in [0, 0.1) is 11.3 Å².